The highest BCUT2D eigenvalue weighted by atomic mass is 15.3. The average Bonchev–Trinajstić information content (AvgIpc) is 2.73. The van der Waals surface area contributed by atoms with Crippen LogP contribution in [-0.2, 0) is 13.5 Å². The van der Waals surface area contributed by atoms with Crippen molar-refractivity contribution in [1.82, 2.24) is 20.0 Å². The van der Waals surface area contributed by atoms with E-state index in [4.69, 9.17) is 0 Å². The number of benzene rings is 1. The van der Waals surface area contributed by atoms with Crippen LogP contribution in [0.3, 0.4) is 0 Å². The molecule has 0 unspecified atom stereocenters. The molecule has 2 aromatic rings. The van der Waals surface area contributed by atoms with Gasteiger partial charge in [-0.1, -0.05) is 18.2 Å². The highest BCUT2D eigenvalue weighted by Gasteiger charge is 2.12. The van der Waals surface area contributed by atoms with E-state index in [1.807, 2.05) is 11.7 Å². The number of nitrogens with one attached hydrogen (secondary N) is 1. The average molecular weight is 244 g/mol. The van der Waals surface area contributed by atoms with Crippen LogP contribution < -0.4 is 5.32 Å². The molecular formula is C14H20N4. The molecule has 0 aliphatic carbocycles. The van der Waals surface area contributed by atoms with Gasteiger partial charge in [0.2, 0.25) is 0 Å². The Balaban J connectivity index is 1.75. The van der Waals surface area contributed by atoms with E-state index in [2.05, 4.69) is 39.6 Å². The van der Waals surface area contributed by atoms with Crippen LogP contribution in [-0.4, -0.2) is 47.4 Å². The second kappa shape index (κ2) is 5.08. The molecule has 3 rings (SSSR count). The van der Waals surface area contributed by atoms with Crippen LogP contribution in [0.15, 0.2) is 24.3 Å². The van der Waals surface area contributed by atoms with Gasteiger partial charge in [0.25, 0.3) is 0 Å². The zero-order chi connectivity index (χ0) is 12.4. The van der Waals surface area contributed by atoms with Crippen LogP contribution in [0.2, 0.25) is 0 Å². The lowest BCUT2D eigenvalue weighted by Crippen LogP contribution is -2.44. The molecule has 0 bridgehead atoms. The lowest BCUT2D eigenvalue weighted by atomic mass is 10.1. The summed E-state index contributed by atoms with van der Waals surface area (Å²) >= 11 is 0. The summed E-state index contributed by atoms with van der Waals surface area (Å²) in [7, 11) is 2.05. The van der Waals surface area contributed by atoms with Crippen LogP contribution in [0, 0.1) is 0 Å². The Hall–Kier alpha value is -1.39. The first-order valence-electron chi connectivity index (χ1n) is 6.68. The topological polar surface area (TPSA) is 33.1 Å². The standard InChI is InChI=1S/C14H20N4/c1-17-14(6-9-18-10-7-15-8-11-18)12-4-2-3-5-13(12)16-17/h2-5,15H,6-11H2,1H3. The maximum atomic E-state index is 4.56. The van der Waals surface area contributed by atoms with E-state index < -0.39 is 0 Å². The van der Waals surface area contributed by atoms with Crippen LogP contribution >= 0.6 is 0 Å². The number of hydrogen-bond acceptors (Lipinski definition) is 3. The Morgan fingerprint density at radius 2 is 2.00 bits per heavy atom. The Morgan fingerprint density at radius 1 is 1.22 bits per heavy atom. The van der Waals surface area contributed by atoms with Crippen LogP contribution in [0.1, 0.15) is 5.69 Å². The summed E-state index contributed by atoms with van der Waals surface area (Å²) in [5.74, 6) is 0. The van der Waals surface area contributed by atoms with E-state index in [9.17, 15) is 0 Å². The molecule has 1 aromatic heterocycles. The fourth-order valence-electron chi connectivity index (χ4n) is 2.70. The van der Waals surface area contributed by atoms with Crippen molar-refractivity contribution in [1.29, 1.82) is 0 Å². The lowest BCUT2D eigenvalue weighted by Gasteiger charge is -2.27. The quantitative estimate of drug-likeness (QED) is 0.875. The van der Waals surface area contributed by atoms with E-state index in [1.54, 1.807) is 0 Å². The van der Waals surface area contributed by atoms with Crippen molar-refractivity contribution in [2.75, 3.05) is 32.7 Å². The van der Waals surface area contributed by atoms with Gasteiger partial charge in [-0.15, -0.1) is 0 Å². The van der Waals surface area contributed by atoms with Crippen molar-refractivity contribution in [3.63, 3.8) is 0 Å². The van der Waals surface area contributed by atoms with Crippen molar-refractivity contribution in [3.8, 4) is 0 Å². The molecule has 1 fully saturated rings. The molecule has 0 atom stereocenters. The van der Waals surface area contributed by atoms with Gasteiger partial charge in [-0.05, 0) is 6.07 Å². The first-order valence-corrected chi connectivity index (χ1v) is 6.68. The summed E-state index contributed by atoms with van der Waals surface area (Å²) in [6, 6.07) is 8.41. The molecule has 1 N–H and O–H groups in total. The molecule has 18 heavy (non-hydrogen) atoms. The van der Waals surface area contributed by atoms with Gasteiger partial charge >= 0.3 is 0 Å². The second-order valence-corrected chi connectivity index (χ2v) is 4.93. The first-order chi connectivity index (χ1) is 8.84. The predicted molar refractivity (Wildman–Crippen MR) is 73.7 cm³/mol. The molecule has 1 aliphatic heterocycles. The molecule has 0 radical (unpaired) electrons. The first kappa shape index (κ1) is 11.7. The second-order valence-electron chi connectivity index (χ2n) is 4.93. The maximum absolute atomic E-state index is 4.56. The minimum atomic E-state index is 1.08. The molecule has 2 heterocycles. The fraction of sp³-hybridized carbons (Fsp3) is 0.500. The molecule has 0 amide bonds. The fourth-order valence-corrected chi connectivity index (χ4v) is 2.70. The third-order valence-electron chi connectivity index (χ3n) is 3.74. The van der Waals surface area contributed by atoms with E-state index in [0.29, 0.717) is 0 Å². The molecule has 4 heteroatoms. The van der Waals surface area contributed by atoms with Crippen molar-refractivity contribution in [3.05, 3.63) is 30.0 Å². The summed E-state index contributed by atoms with van der Waals surface area (Å²) in [6.45, 7) is 5.69. The number of fused-ring (bicyclic) bond motifs is 1. The summed E-state index contributed by atoms with van der Waals surface area (Å²) in [5.41, 5.74) is 2.46. The van der Waals surface area contributed by atoms with Crippen molar-refractivity contribution in [2.24, 2.45) is 7.05 Å². The van der Waals surface area contributed by atoms with Crippen LogP contribution in [0.4, 0.5) is 0 Å². The van der Waals surface area contributed by atoms with Gasteiger partial charge in [0.15, 0.2) is 0 Å². The number of hydrogen-bond donors (Lipinski definition) is 1. The van der Waals surface area contributed by atoms with Gasteiger partial charge in [-0.3, -0.25) is 4.68 Å². The summed E-state index contributed by atoms with van der Waals surface area (Å²) in [5, 5.41) is 9.25. The van der Waals surface area contributed by atoms with Crippen molar-refractivity contribution >= 4 is 10.9 Å². The smallest absolute Gasteiger partial charge is 0.0926 e. The number of rotatable bonds is 3. The lowest BCUT2D eigenvalue weighted by molar-refractivity contribution is 0.242. The highest BCUT2D eigenvalue weighted by Crippen LogP contribution is 2.17. The monoisotopic (exact) mass is 244 g/mol. The number of nitrogens with zero attached hydrogens (tertiary/aromatic N) is 3. The largest absolute Gasteiger partial charge is 0.314 e. The van der Waals surface area contributed by atoms with Gasteiger partial charge < -0.3 is 10.2 Å². The third kappa shape index (κ3) is 2.26. The van der Waals surface area contributed by atoms with Gasteiger partial charge in [0.1, 0.15) is 0 Å². The molecule has 1 aromatic carbocycles. The Bertz CT molecular complexity index is 526. The number of piperazine rings is 1. The van der Waals surface area contributed by atoms with E-state index >= 15 is 0 Å². The predicted octanol–water partition coefficient (Wildman–Crippen LogP) is 1.02. The molecule has 1 aliphatic rings. The molecule has 4 nitrogen and oxygen atoms in total. The van der Waals surface area contributed by atoms with Crippen molar-refractivity contribution < 1.29 is 0 Å². The zero-order valence-corrected chi connectivity index (χ0v) is 10.9. The molecular weight excluding hydrogens is 224 g/mol. The summed E-state index contributed by atoms with van der Waals surface area (Å²) < 4.78 is 2.03. The normalized spacial score (nSPS) is 17.4. The highest BCUT2D eigenvalue weighted by molar-refractivity contribution is 5.81. The summed E-state index contributed by atoms with van der Waals surface area (Å²) in [4.78, 5) is 2.53. The summed E-state index contributed by atoms with van der Waals surface area (Å²) in [6.07, 6.45) is 1.08. The molecule has 0 saturated carbocycles. The minimum absolute atomic E-state index is 1.08. The molecule has 0 spiro atoms. The van der Waals surface area contributed by atoms with Gasteiger partial charge in [0.05, 0.1) is 5.52 Å². The number of aryl methyl sites for hydroxylation is 1. The molecule has 96 valence electrons. The van der Waals surface area contributed by atoms with Gasteiger partial charge in [-0.2, -0.15) is 5.10 Å². The molecule has 1 saturated heterocycles. The third-order valence-corrected chi connectivity index (χ3v) is 3.74. The van der Waals surface area contributed by atoms with Crippen LogP contribution in [0.5, 0.6) is 0 Å². The van der Waals surface area contributed by atoms with Crippen molar-refractivity contribution in [2.45, 2.75) is 6.42 Å². The van der Waals surface area contributed by atoms with Gasteiger partial charge in [0, 0.05) is 57.3 Å². The maximum Gasteiger partial charge on any atom is 0.0926 e. The SMILES string of the molecule is Cn1nc2ccccc2c1CCN1CCNCC1. The van der Waals surface area contributed by atoms with Crippen LogP contribution in [0.25, 0.3) is 10.9 Å². The van der Waals surface area contributed by atoms with Gasteiger partial charge in [-0.25, -0.2) is 0 Å². The Morgan fingerprint density at radius 3 is 2.83 bits per heavy atom. The Labute approximate surface area is 108 Å². The minimum Gasteiger partial charge on any atom is -0.314 e. The van der Waals surface area contributed by atoms with E-state index in [0.717, 1.165) is 44.7 Å². The Kier molecular flexibility index (Phi) is 3.30. The zero-order valence-electron chi connectivity index (χ0n) is 10.9. The number of aromatic nitrogens is 2. The van der Waals surface area contributed by atoms with E-state index in [1.165, 1.54) is 11.1 Å². The van der Waals surface area contributed by atoms with E-state index in [-0.39, 0.29) is 0 Å².